The molecule has 5 aromatic rings. The van der Waals surface area contributed by atoms with Crippen molar-refractivity contribution >= 4 is 72.8 Å². The molecule has 0 saturated heterocycles. The molecule has 0 bridgehead atoms. The molecule has 8 nitrogen and oxygen atoms in total. The third-order valence-electron chi connectivity index (χ3n) is 7.65. The largest absolute Gasteiger partial charge is 0.493 e. The first-order valence-corrected chi connectivity index (χ1v) is 17.6. The van der Waals surface area contributed by atoms with Crippen molar-refractivity contribution in [3.63, 3.8) is 0 Å². The number of nitrogens with one attached hydrogen (secondary N) is 2. The zero-order valence-electron chi connectivity index (χ0n) is 25.7. The van der Waals surface area contributed by atoms with Crippen LogP contribution in [0.5, 0.6) is 11.5 Å². The third kappa shape index (κ3) is 7.38. The van der Waals surface area contributed by atoms with E-state index in [1.165, 1.54) is 11.8 Å². The Morgan fingerprint density at radius 1 is 1.04 bits per heavy atom. The average molecular weight is 796 g/mol. The van der Waals surface area contributed by atoms with Crippen molar-refractivity contribution in [3.8, 4) is 11.5 Å². The fourth-order valence-corrected chi connectivity index (χ4v) is 7.18. The van der Waals surface area contributed by atoms with Crippen LogP contribution in [0.25, 0.3) is 0 Å². The van der Waals surface area contributed by atoms with Gasteiger partial charge in [0.1, 0.15) is 12.6 Å². The number of carbonyl (C=O) groups excluding carboxylic acids is 1. The minimum atomic E-state index is -0.636. The van der Waals surface area contributed by atoms with Crippen LogP contribution >= 0.6 is 55.2 Å². The lowest BCUT2D eigenvalue weighted by Crippen LogP contribution is -2.31. The Balaban J connectivity index is 1.38. The molecule has 1 aliphatic rings. The van der Waals surface area contributed by atoms with E-state index < -0.39 is 6.04 Å². The molecule has 47 heavy (non-hydrogen) atoms. The smallest absolute Gasteiger partial charge is 0.255 e. The first-order valence-electron chi connectivity index (χ1n) is 14.6. The molecule has 6 rings (SSSR count). The van der Waals surface area contributed by atoms with Crippen molar-refractivity contribution in [2.75, 3.05) is 17.7 Å². The highest BCUT2D eigenvalue weighted by atomic mass is 79.9. The number of nitrogens with zero attached hydrogens (tertiary/aromatic N) is 3. The van der Waals surface area contributed by atoms with E-state index >= 15 is 0 Å². The number of aromatic nitrogens is 3. The number of hydrogen-bond acceptors (Lipinski definition) is 7. The zero-order valence-corrected chi connectivity index (χ0v) is 30.4. The van der Waals surface area contributed by atoms with E-state index in [0.29, 0.717) is 55.7 Å². The van der Waals surface area contributed by atoms with Crippen molar-refractivity contribution in [1.29, 1.82) is 0 Å². The van der Waals surface area contributed by atoms with Crippen molar-refractivity contribution in [3.05, 3.63) is 132 Å². The summed E-state index contributed by atoms with van der Waals surface area (Å²) >= 11 is 15.1. The molecular formula is C35H30Br2ClN5O3S. The number of carbonyl (C=O) groups is 1. The summed E-state index contributed by atoms with van der Waals surface area (Å²) in [6.07, 6.45) is 0. The van der Waals surface area contributed by atoms with Crippen LogP contribution in [0.4, 0.5) is 11.6 Å². The van der Waals surface area contributed by atoms with Crippen molar-refractivity contribution < 1.29 is 14.3 Å². The molecule has 1 aromatic heterocycles. The lowest BCUT2D eigenvalue weighted by molar-refractivity contribution is -0.113. The maximum absolute atomic E-state index is 14.1. The SMILES string of the molecule is COc1cc(C2C(C(=O)Nc3ccccc3C)=C(C)Nc3nc(SCc4ccccc4Cl)nn32)cc(Br)c1OCc1ccc(Br)cc1. The number of para-hydroxylation sites is 1. The number of hydrogen-bond donors (Lipinski definition) is 2. The fraction of sp³-hybridized carbons (Fsp3) is 0.171. The maximum Gasteiger partial charge on any atom is 0.255 e. The molecule has 0 spiro atoms. The summed E-state index contributed by atoms with van der Waals surface area (Å²) in [5.74, 6) is 1.91. The van der Waals surface area contributed by atoms with E-state index in [0.717, 1.165) is 32.4 Å². The molecule has 0 radical (unpaired) electrons. The predicted molar refractivity (Wildman–Crippen MR) is 194 cm³/mol. The summed E-state index contributed by atoms with van der Waals surface area (Å²) < 4.78 is 15.5. The van der Waals surface area contributed by atoms with E-state index in [9.17, 15) is 4.79 Å². The number of halogens is 3. The molecule has 0 aliphatic carbocycles. The van der Waals surface area contributed by atoms with Crippen LogP contribution in [-0.2, 0) is 17.2 Å². The maximum atomic E-state index is 14.1. The van der Waals surface area contributed by atoms with E-state index in [-0.39, 0.29) is 5.91 Å². The van der Waals surface area contributed by atoms with Gasteiger partial charge in [-0.05, 0) is 88.4 Å². The summed E-state index contributed by atoms with van der Waals surface area (Å²) in [5, 5.41) is 12.6. The lowest BCUT2D eigenvalue weighted by Gasteiger charge is -2.29. The number of aryl methyl sites for hydroxylation is 1. The van der Waals surface area contributed by atoms with Gasteiger partial charge in [-0.1, -0.05) is 87.8 Å². The second kappa shape index (κ2) is 14.6. The zero-order chi connectivity index (χ0) is 33.1. The number of allylic oxidation sites excluding steroid dienone is 1. The standard InChI is InChI=1S/C35H30Br2ClN5O3S/c1-20-8-4-7-11-28(20)40-33(44)30-21(2)39-34-41-35(47-19-23-9-5-6-10-27(23)38)42-43(34)31(30)24-16-26(37)32(29(17-24)45-3)46-18-22-12-14-25(36)15-13-22/h4-17,31H,18-19H2,1-3H3,(H,40,44)(H,39,41,42). The summed E-state index contributed by atoms with van der Waals surface area (Å²) in [5.41, 5.74) is 5.58. The van der Waals surface area contributed by atoms with Crippen LogP contribution < -0.4 is 20.1 Å². The molecule has 0 fully saturated rings. The Bertz CT molecular complexity index is 1980. The van der Waals surface area contributed by atoms with Crippen LogP contribution in [0.1, 0.15) is 35.2 Å². The van der Waals surface area contributed by atoms with Crippen LogP contribution in [0, 0.1) is 6.92 Å². The van der Waals surface area contributed by atoms with Gasteiger partial charge in [-0.2, -0.15) is 4.98 Å². The van der Waals surface area contributed by atoms with Crippen molar-refractivity contribution in [2.45, 2.75) is 37.4 Å². The molecule has 1 amide bonds. The van der Waals surface area contributed by atoms with Gasteiger partial charge in [0.15, 0.2) is 11.5 Å². The summed E-state index contributed by atoms with van der Waals surface area (Å²) in [4.78, 5) is 18.9. The number of ether oxygens (including phenoxy) is 2. The second-order valence-electron chi connectivity index (χ2n) is 10.8. The highest BCUT2D eigenvalue weighted by Gasteiger charge is 2.35. The number of thioether (sulfide) groups is 1. The molecule has 12 heteroatoms. The molecular weight excluding hydrogens is 766 g/mol. The highest BCUT2D eigenvalue weighted by molar-refractivity contribution is 9.10. The van der Waals surface area contributed by atoms with E-state index in [1.54, 1.807) is 11.8 Å². The fourth-order valence-electron chi connectivity index (χ4n) is 5.23. The first kappa shape index (κ1) is 33.1. The minimum Gasteiger partial charge on any atom is -0.493 e. The van der Waals surface area contributed by atoms with Crippen molar-refractivity contribution in [1.82, 2.24) is 14.8 Å². The Labute approximate surface area is 299 Å². The van der Waals surface area contributed by atoms with Gasteiger partial charge in [0.2, 0.25) is 11.1 Å². The summed E-state index contributed by atoms with van der Waals surface area (Å²) in [6.45, 7) is 4.17. The number of rotatable bonds is 10. The normalized spacial score (nSPS) is 14.0. The number of methoxy groups -OCH3 is 1. The molecule has 4 aromatic carbocycles. The first-order chi connectivity index (χ1) is 22.7. The van der Waals surface area contributed by atoms with Gasteiger partial charge in [0.25, 0.3) is 5.91 Å². The van der Waals surface area contributed by atoms with Crippen LogP contribution in [-0.4, -0.2) is 27.8 Å². The van der Waals surface area contributed by atoms with Gasteiger partial charge in [0.05, 0.1) is 17.2 Å². The molecule has 0 saturated carbocycles. The highest BCUT2D eigenvalue weighted by Crippen LogP contribution is 2.44. The lowest BCUT2D eigenvalue weighted by atomic mass is 9.94. The van der Waals surface area contributed by atoms with Gasteiger partial charge < -0.3 is 20.1 Å². The molecule has 240 valence electrons. The average Bonchev–Trinajstić information content (AvgIpc) is 3.46. The van der Waals surface area contributed by atoms with E-state index in [4.69, 9.17) is 31.2 Å². The molecule has 1 aliphatic heterocycles. The van der Waals surface area contributed by atoms with Gasteiger partial charge in [-0.15, -0.1) is 5.10 Å². The third-order valence-corrected chi connectivity index (χ3v) is 10.0. The van der Waals surface area contributed by atoms with Crippen LogP contribution in [0.2, 0.25) is 5.02 Å². The minimum absolute atomic E-state index is 0.258. The summed E-state index contributed by atoms with van der Waals surface area (Å²) in [7, 11) is 1.59. The molecule has 2 N–H and O–H groups in total. The predicted octanol–water partition coefficient (Wildman–Crippen LogP) is 9.57. The Hall–Kier alpha value is -3.77. The van der Waals surface area contributed by atoms with Gasteiger partial charge in [-0.3, -0.25) is 4.79 Å². The molecule has 1 unspecified atom stereocenters. The summed E-state index contributed by atoms with van der Waals surface area (Å²) in [6, 6.07) is 26.5. The van der Waals surface area contributed by atoms with E-state index in [1.807, 2.05) is 98.8 Å². The van der Waals surface area contributed by atoms with Crippen LogP contribution in [0.3, 0.4) is 0 Å². The van der Waals surface area contributed by atoms with Gasteiger partial charge >= 0.3 is 0 Å². The van der Waals surface area contributed by atoms with Gasteiger partial charge in [0, 0.05) is 26.6 Å². The van der Waals surface area contributed by atoms with Gasteiger partial charge in [-0.25, -0.2) is 4.68 Å². The quantitative estimate of drug-likeness (QED) is 0.136. The number of fused-ring (bicyclic) bond motifs is 1. The number of anilines is 2. The number of benzene rings is 4. The Kier molecular flexibility index (Phi) is 10.3. The Morgan fingerprint density at radius 3 is 2.53 bits per heavy atom. The Morgan fingerprint density at radius 2 is 1.79 bits per heavy atom. The monoisotopic (exact) mass is 793 g/mol. The molecule has 2 heterocycles. The second-order valence-corrected chi connectivity index (χ2v) is 13.9. The van der Waals surface area contributed by atoms with Crippen molar-refractivity contribution in [2.24, 2.45) is 0 Å². The molecule has 1 atom stereocenters. The van der Waals surface area contributed by atoms with E-state index in [2.05, 4.69) is 42.5 Å². The topological polar surface area (TPSA) is 90.3 Å². The van der Waals surface area contributed by atoms with Crippen LogP contribution in [0.15, 0.2) is 110 Å². The number of amides is 1.